The van der Waals surface area contributed by atoms with E-state index in [0.717, 1.165) is 11.1 Å². The lowest BCUT2D eigenvalue weighted by molar-refractivity contribution is -0.159. The fourth-order valence-electron chi connectivity index (χ4n) is 7.93. The van der Waals surface area contributed by atoms with Crippen molar-refractivity contribution in [2.45, 2.75) is 62.4 Å². The highest BCUT2D eigenvalue weighted by molar-refractivity contribution is 5.85. The normalized spacial score (nSPS) is 17.5. The number of aliphatic carboxylic acids is 1. The molecule has 6 aromatic rings. The number of hydrogen-bond acceptors (Lipinski definition) is 14. The number of nitrogens with zero attached hydrogens (tertiary/aromatic N) is 5. The van der Waals surface area contributed by atoms with Crippen molar-refractivity contribution in [2.75, 3.05) is 39.8 Å². The molecule has 1 fully saturated rings. The number of benzene rings is 4. The molecule has 7 rings (SSSR count). The highest BCUT2D eigenvalue weighted by Crippen LogP contribution is 2.43. The Bertz CT molecular complexity index is 2530. The number of nitrogens with one attached hydrogen (secondary N) is 1. The van der Waals surface area contributed by atoms with Gasteiger partial charge in [0.2, 0.25) is 0 Å². The molecule has 0 aliphatic carbocycles. The monoisotopic (exact) mass is 886 g/mol. The number of imidazole rings is 1. The first kappa shape index (κ1) is 45.6. The van der Waals surface area contributed by atoms with Crippen molar-refractivity contribution in [3.8, 4) is 11.5 Å². The summed E-state index contributed by atoms with van der Waals surface area (Å²) >= 11 is 0. The molecule has 17 heteroatoms. The first-order valence-electron chi connectivity index (χ1n) is 20.8. The Morgan fingerprint density at radius 2 is 1.42 bits per heavy atom. The number of methoxy groups -OCH3 is 2. The van der Waals surface area contributed by atoms with E-state index in [1.165, 1.54) is 19.6 Å². The molecule has 3 heterocycles. The summed E-state index contributed by atoms with van der Waals surface area (Å²) in [6.45, 7) is 0.957. The molecule has 0 saturated carbocycles. The summed E-state index contributed by atoms with van der Waals surface area (Å²) in [5.74, 6) is -1.72. The molecule has 4 aromatic carbocycles. The van der Waals surface area contributed by atoms with Crippen molar-refractivity contribution in [3.63, 3.8) is 0 Å². The molecular formula is C48H50N6O11. The van der Waals surface area contributed by atoms with Crippen LogP contribution in [0.25, 0.3) is 11.2 Å². The van der Waals surface area contributed by atoms with Gasteiger partial charge >= 0.3 is 17.9 Å². The molecule has 338 valence electrons. The summed E-state index contributed by atoms with van der Waals surface area (Å²) in [5.41, 5.74) is 2.29. The van der Waals surface area contributed by atoms with E-state index in [0.29, 0.717) is 39.6 Å². The molecule has 1 saturated heterocycles. The van der Waals surface area contributed by atoms with Crippen LogP contribution in [0.15, 0.2) is 122 Å². The zero-order valence-corrected chi connectivity index (χ0v) is 36.5. The minimum Gasteiger partial charge on any atom is -0.497 e. The molecule has 5 atom stereocenters. The number of carboxylic acids is 1. The number of carbonyl (C=O) groups excluding carboxylic acids is 3. The standard InChI is InChI=1S/C48H50N6O11/c1-30(55)63-37(26-31-12-8-6-9-13-31)46(59)52-41-38(64-47(43(41)65-40(58)25-24-39(56)57)54-29-51-42-44(53(2)3)49-28-50-45(42)54)27-62-48(32-14-10-7-11-15-32,33-16-20-35(60-4)21-17-33)34-18-22-36(61-5)23-19-34/h6-23,28-29,37-38,41,43,47H,24-27H2,1-5H3,(H,52,59)(H,56,57)/t37-,38+,41+,43+,47+/m0/s1. The van der Waals surface area contributed by atoms with Crippen LogP contribution in [0.2, 0.25) is 0 Å². The van der Waals surface area contributed by atoms with Gasteiger partial charge in [-0.3, -0.25) is 23.7 Å². The van der Waals surface area contributed by atoms with Crippen LogP contribution in [0.5, 0.6) is 11.5 Å². The first-order valence-corrected chi connectivity index (χ1v) is 20.8. The van der Waals surface area contributed by atoms with Crippen molar-refractivity contribution < 1.29 is 52.7 Å². The summed E-state index contributed by atoms with van der Waals surface area (Å²) in [6, 6.07) is 32.3. The number of ether oxygens (including phenoxy) is 6. The lowest BCUT2D eigenvalue weighted by Gasteiger charge is -2.37. The van der Waals surface area contributed by atoms with E-state index in [1.807, 2.05) is 84.9 Å². The van der Waals surface area contributed by atoms with E-state index >= 15 is 0 Å². The predicted octanol–water partition coefficient (Wildman–Crippen LogP) is 5.25. The summed E-state index contributed by atoms with van der Waals surface area (Å²) in [7, 11) is 6.77. The maximum atomic E-state index is 14.6. The SMILES string of the molecule is COc1ccc(C(OC[C@H]2O[C@@H](n3cnc4c(N(C)C)ncnc43)[C@H](OC(=O)CCC(=O)O)[C@@H]2NC(=O)[C@H](Cc2ccccc2)OC(C)=O)(c2ccccc2)c2ccc(OC)cc2)cc1. The van der Waals surface area contributed by atoms with Gasteiger partial charge in [0.15, 0.2) is 35.4 Å². The van der Waals surface area contributed by atoms with Crippen molar-refractivity contribution >= 4 is 40.8 Å². The van der Waals surface area contributed by atoms with E-state index in [2.05, 4.69) is 20.3 Å². The highest BCUT2D eigenvalue weighted by atomic mass is 16.6. The van der Waals surface area contributed by atoms with Gasteiger partial charge in [-0.05, 0) is 46.5 Å². The van der Waals surface area contributed by atoms with Gasteiger partial charge in [0, 0.05) is 27.4 Å². The third-order valence-electron chi connectivity index (χ3n) is 11.0. The third-order valence-corrected chi connectivity index (χ3v) is 11.0. The van der Waals surface area contributed by atoms with Crippen LogP contribution in [0.4, 0.5) is 5.82 Å². The summed E-state index contributed by atoms with van der Waals surface area (Å²) in [4.78, 5) is 67.6. The summed E-state index contributed by atoms with van der Waals surface area (Å²) in [5, 5.41) is 12.5. The van der Waals surface area contributed by atoms with Gasteiger partial charge in [-0.25, -0.2) is 15.0 Å². The Labute approximate surface area is 375 Å². The molecular weight excluding hydrogens is 837 g/mol. The molecule has 0 radical (unpaired) electrons. The van der Waals surface area contributed by atoms with Gasteiger partial charge in [-0.15, -0.1) is 0 Å². The molecule has 17 nitrogen and oxygen atoms in total. The second kappa shape index (κ2) is 20.4. The van der Waals surface area contributed by atoms with Gasteiger partial charge < -0.3 is 43.7 Å². The molecule has 0 spiro atoms. The molecule has 1 aliphatic heterocycles. The summed E-state index contributed by atoms with van der Waals surface area (Å²) < 4.78 is 38.5. The van der Waals surface area contributed by atoms with E-state index in [-0.39, 0.29) is 13.0 Å². The zero-order valence-electron chi connectivity index (χ0n) is 36.5. The highest BCUT2D eigenvalue weighted by Gasteiger charge is 2.51. The van der Waals surface area contributed by atoms with Gasteiger partial charge in [0.05, 0.1) is 46.0 Å². The quantitative estimate of drug-likeness (QED) is 0.0788. The Hall–Kier alpha value is -7.37. The largest absolute Gasteiger partial charge is 0.497 e. The summed E-state index contributed by atoms with van der Waals surface area (Å²) in [6.07, 6.45) is -3.11. The van der Waals surface area contributed by atoms with E-state index in [1.54, 1.807) is 62.0 Å². The van der Waals surface area contributed by atoms with Crippen molar-refractivity contribution in [1.82, 2.24) is 24.8 Å². The number of carbonyl (C=O) groups is 4. The topological polar surface area (TPSA) is 203 Å². The van der Waals surface area contributed by atoms with Crippen LogP contribution in [0, 0.1) is 0 Å². The zero-order chi connectivity index (χ0) is 46.1. The maximum absolute atomic E-state index is 14.6. The predicted molar refractivity (Wildman–Crippen MR) is 236 cm³/mol. The average molecular weight is 887 g/mol. The van der Waals surface area contributed by atoms with Crippen molar-refractivity contribution in [2.24, 2.45) is 0 Å². The average Bonchev–Trinajstić information content (AvgIpc) is 3.89. The Kier molecular flexibility index (Phi) is 14.3. The number of esters is 2. The smallest absolute Gasteiger partial charge is 0.306 e. The van der Waals surface area contributed by atoms with E-state index in [9.17, 15) is 24.3 Å². The lowest BCUT2D eigenvalue weighted by Crippen LogP contribution is -2.54. The van der Waals surface area contributed by atoms with Gasteiger partial charge in [-0.1, -0.05) is 84.9 Å². The minimum atomic E-state index is -1.34. The molecule has 1 amide bonds. The van der Waals surface area contributed by atoms with Gasteiger partial charge in [0.1, 0.15) is 29.5 Å². The maximum Gasteiger partial charge on any atom is 0.306 e. The van der Waals surface area contributed by atoms with Crippen LogP contribution < -0.4 is 19.7 Å². The van der Waals surface area contributed by atoms with Crippen LogP contribution in [0.3, 0.4) is 0 Å². The molecule has 2 aromatic heterocycles. The van der Waals surface area contributed by atoms with Crippen LogP contribution in [-0.4, -0.2) is 108 Å². The van der Waals surface area contributed by atoms with Gasteiger partial charge in [0.25, 0.3) is 5.91 Å². The molecule has 0 bridgehead atoms. The molecule has 2 N–H and O–H groups in total. The number of carboxylic acid groups (broad SMARTS) is 1. The van der Waals surface area contributed by atoms with E-state index < -0.39 is 72.8 Å². The Balaban J connectivity index is 1.37. The van der Waals surface area contributed by atoms with Crippen LogP contribution in [0.1, 0.15) is 48.2 Å². The number of aromatic nitrogens is 4. The number of hydrogen-bond donors (Lipinski definition) is 2. The molecule has 1 aliphatic rings. The molecule has 65 heavy (non-hydrogen) atoms. The fourth-order valence-corrected chi connectivity index (χ4v) is 7.93. The number of anilines is 1. The van der Waals surface area contributed by atoms with Crippen molar-refractivity contribution in [3.05, 3.63) is 144 Å². The second-order valence-electron chi connectivity index (χ2n) is 15.5. The third kappa shape index (κ3) is 10.2. The molecule has 0 unspecified atom stereocenters. The second-order valence-corrected chi connectivity index (χ2v) is 15.5. The first-order chi connectivity index (χ1) is 31.4. The number of fused-ring (bicyclic) bond motifs is 1. The number of rotatable bonds is 19. The van der Waals surface area contributed by atoms with Crippen LogP contribution >= 0.6 is 0 Å². The van der Waals surface area contributed by atoms with E-state index in [4.69, 9.17) is 28.4 Å². The lowest BCUT2D eigenvalue weighted by atomic mass is 9.80. The van der Waals surface area contributed by atoms with Crippen molar-refractivity contribution in [1.29, 1.82) is 0 Å². The minimum absolute atomic E-state index is 0.0237. The van der Waals surface area contributed by atoms with Gasteiger partial charge in [-0.2, -0.15) is 0 Å². The fraction of sp³-hybridized carbons (Fsp3) is 0.312. The Morgan fingerprint density at radius 3 is 1.98 bits per heavy atom. The van der Waals surface area contributed by atoms with Crippen LogP contribution in [-0.2, 0) is 50.1 Å². The number of amides is 1. The Morgan fingerprint density at radius 1 is 0.815 bits per heavy atom.